The summed E-state index contributed by atoms with van der Waals surface area (Å²) in [4.78, 5) is 1.08. The standard InChI is InChI=1S/C11H5Br4FS/c12-6-4-8(17-11(6)15)10(14)5-2-1-3-7(16)9(5)13/h1-4,10H. The third-order valence-corrected chi connectivity index (χ3v) is 7.62. The molecule has 0 aliphatic rings. The molecule has 0 nitrogen and oxygen atoms in total. The topological polar surface area (TPSA) is 0 Å². The first-order chi connectivity index (χ1) is 8.00. The molecule has 90 valence electrons. The normalized spacial score (nSPS) is 12.8. The van der Waals surface area contributed by atoms with Crippen LogP contribution in [-0.4, -0.2) is 0 Å². The van der Waals surface area contributed by atoms with E-state index in [0.29, 0.717) is 4.47 Å². The zero-order valence-corrected chi connectivity index (χ0v) is 15.3. The van der Waals surface area contributed by atoms with Crippen LogP contribution < -0.4 is 0 Å². The van der Waals surface area contributed by atoms with Crippen molar-refractivity contribution in [3.8, 4) is 0 Å². The van der Waals surface area contributed by atoms with E-state index < -0.39 is 0 Å². The van der Waals surface area contributed by atoms with Gasteiger partial charge in [-0.2, -0.15) is 0 Å². The minimum Gasteiger partial charge on any atom is -0.206 e. The number of thiophene rings is 1. The fourth-order valence-corrected chi connectivity index (χ4v) is 5.04. The molecule has 1 aromatic heterocycles. The van der Waals surface area contributed by atoms with E-state index in [1.807, 2.05) is 12.1 Å². The molecular formula is C11H5Br4FS. The van der Waals surface area contributed by atoms with Crippen molar-refractivity contribution in [2.24, 2.45) is 0 Å². The summed E-state index contributed by atoms with van der Waals surface area (Å²) >= 11 is 15.4. The molecule has 0 spiro atoms. The van der Waals surface area contributed by atoms with Gasteiger partial charge >= 0.3 is 0 Å². The highest BCUT2D eigenvalue weighted by Crippen LogP contribution is 2.43. The molecule has 0 radical (unpaired) electrons. The molecule has 1 heterocycles. The van der Waals surface area contributed by atoms with Crippen molar-refractivity contribution in [2.45, 2.75) is 4.83 Å². The Balaban J connectivity index is 2.43. The highest BCUT2D eigenvalue weighted by molar-refractivity contribution is 9.13. The van der Waals surface area contributed by atoms with E-state index in [4.69, 9.17) is 0 Å². The average molecular weight is 508 g/mol. The van der Waals surface area contributed by atoms with Crippen LogP contribution in [0, 0.1) is 5.82 Å². The zero-order chi connectivity index (χ0) is 12.6. The summed E-state index contributed by atoms with van der Waals surface area (Å²) in [6.45, 7) is 0. The van der Waals surface area contributed by atoms with Gasteiger partial charge < -0.3 is 0 Å². The predicted octanol–water partition coefficient (Wildman–Crippen LogP) is 6.66. The highest BCUT2D eigenvalue weighted by Gasteiger charge is 2.18. The lowest BCUT2D eigenvalue weighted by Crippen LogP contribution is -1.93. The monoisotopic (exact) mass is 504 g/mol. The van der Waals surface area contributed by atoms with E-state index in [2.05, 4.69) is 63.7 Å². The molecule has 2 aromatic rings. The fraction of sp³-hybridized carbons (Fsp3) is 0.0909. The van der Waals surface area contributed by atoms with Crippen LogP contribution in [-0.2, 0) is 0 Å². The van der Waals surface area contributed by atoms with Crippen molar-refractivity contribution in [1.29, 1.82) is 0 Å². The summed E-state index contributed by atoms with van der Waals surface area (Å²) in [6, 6.07) is 7.06. The molecule has 0 aliphatic heterocycles. The molecule has 0 saturated heterocycles. The smallest absolute Gasteiger partial charge is 0.137 e. The quantitative estimate of drug-likeness (QED) is 0.399. The Morgan fingerprint density at radius 1 is 1.18 bits per heavy atom. The van der Waals surface area contributed by atoms with E-state index in [0.717, 1.165) is 18.7 Å². The second kappa shape index (κ2) is 5.82. The lowest BCUT2D eigenvalue weighted by atomic mass is 10.1. The molecule has 1 unspecified atom stereocenters. The van der Waals surface area contributed by atoms with E-state index >= 15 is 0 Å². The first-order valence-electron chi connectivity index (χ1n) is 4.53. The maximum Gasteiger partial charge on any atom is 0.137 e. The molecule has 1 aromatic carbocycles. The number of alkyl halides is 1. The van der Waals surface area contributed by atoms with E-state index in [1.165, 1.54) is 6.07 Å². The minimum atomic E-state index is -0.248. The van der Waals surface area contributed by atoms with Crippen LogP contribution in [0.3, 0.4) is 0 Å². The Hall–Kier alpha value is 0.770. The van der Waals surface area contributed by atoms with Gasteiger partial charge in [0.1, 0.15) is 5.82 Å². The minimum absolute atomic E-state index is 0.0276. The number of halogens is 5. The summed E-state index contributed by atoms with van der Waals surface area (Å²) in [6.07, 6.45) is 0. The predicted molar refractivity (Wildman–Crippen MR) is 84.6 cm³/mol. The lowest BCUT2D eigenvalue weighted by molar-refractivity contribution is 0.619. The Kier molecular flexibility index (Phi) is 4.86. The highest BCUT2D eigenvalue weighted by atomic mass is 79.9. The van der Waals surface area contributed by atoms with Gasteiger partial charge in [-0.15, -0.1) is 11.3 Å². The fourth-order valence-electron chi connectivity index (χ4n) is 1.36. The van der Waals surface area contributed by atoms with Gasteiger partial charge in [0.15, 0.2) is 0 Å². The Morgan fingerprint density at radius 2 is 1.88 bits per heavy atom. The van der Waals surface area contributed by atoms with Crippen LogP contribution in [0.5, 0.6) is 0 Å². The Labute approximate surface area is 136 Å². The Bertz CT molecular complexity index is 533. The zero-order valence-electron chi connectivity index (χ0n) is 8.18. The van der Waals surface area contributed by atoms with Gasteiger partial charge in [0.2, 0.25) is 0 Å². The van der Waals surface area contributed by atoms with E-state index in [9.17, 15) is 4.39 Å². The molecule has 0 fully saturated rings. The Morgan fingerprint density at radius 3 is 2.47 bits per heavy atom. The van der Waals surface area contributed by atoms with Crippen molar-refractivity contribution in [1.82, 2.24) is 0 Å². The van der Waals surface area contributed by atoms with Gasteiger partial charge in [0, 0.05) is 9.35 Å². The summed E-state index contributed by atoms with van der Waals surface area (Å²) in [5, 5.41) is 0. The first-order valence-corrected chi connectivity index (χ1v) is 8.64. The van der Waals surface area contributed by atoms with Crippen LogP contribution >= 0.6 is 75.1 Å². The molecule has 0 saturated carbocycles. The average Bonchev–Trinajstić information content (AvgIpc) is 2.62. The second-order valence-electron chi connectivity index (χ2n) is 3.28. The number of rotatable bonds is 2. The molecule has 0 aliphatic carbocycles. The third kappa shape index (κ3) is 3.03. The molecule has 0 amide bonds. The summed E-state index contributed by atoms with van der Waals surface area (Å²) in [5.74, 6) is -0.248. The van der Waals surface area contributed by atoms with Gasteiger partial charge in [-0.1, -0.05) is 28.1 Å². The molecular weight excluding hydrogens is 503 g/mol. The summed E-state index contributed by atoms with van der Waals surface area (Å²) < 4.78 is 16.0. The van der Waals surface area contributed by atoms with Crippen molar-refractivity contribution in [2.75, 3.05) is 0 Å². The maximum atomic E-state index is 13.5. The lowest BCUT2D eigenvalue weighted by Gasteiger charge is -2.10. The van der Waals surface area contributed by atoms with Crippen LogP contribution in [0.25, 0.3) is 0 Å². The van der Waals surface area contributed by atoms with Gasteiger partial charge in [0.25, 0.3) is 0 Å². The van der Waals surface area contributed by atoms with Gasteiger partial charge in [0.05, 0.1) is 13.1 Å². The molecule has 17 heavy (non-hydrogen) atoms. The third-order valence-electron chi connectivity index (χ3n) is 2.17. The van der Waals surface area contributed by atoms with Crippen LogP contribution in [0.1, 0.15) is 15.3 Å². The molecule has 6 heteroatoms. The number of hydrogen-bond donors (Lipinski definition) is 0. The first kappa shape index (κ1) is 14.2. The van der Waals surface area contributed by atoms with Crippen LogP contribution in [0.4, 0.5) is 4.39 Å². The summed E-state index contributed by atoms with van der Waals surface area (Å²) in [5.41, 5.74) is 0.881. The van der Waals surface area contributed by atoms with Gasteiger partial charge in [-0.25, -0.2) is 4.39 Å². The van der Waals surface area contributed by atoms with E-state index in [-0.39, 0.29) is 10.6 Å². The van der Waals surface area contributed by atoms with Crippen molar-refractivity contribution >= 4 is 75.1 Å². The SMILES string of the molecule is Fc1cccc(C(Br)c2cc(Br)c(Br)s2)c1Br. The summed E-state index contributed by atoms with van der Waals surface area (Å²) in [7, 11) is 0. The number of hydrogen-bond acceptors (Lipinski definition) is 1. The van der Waals surface area contributed by atoms with Crippen molar-refractivity contribution in [3.05, 3.63) is 53.3 Å². The molecule has 0 bridgehead atoms. The van der Waals surface area contributed by atoms with Crippen molar-refractivity contribution in [3.63, 3.8) is 0 Å². The largest absolute Gasteiger partial charge is 0.206 e. The van der Waals surface area contributed by atoms with Gasteiger partial charge in [-0.3, -0.25) is 0 Å². The van der Waals surface area contributed by atoms with Crippen molar-refractivity contribution < 1.29 is 4.39 Å². The number of benzene rings is 1. The second-order valence-corrected chi connectivity index (χ2v) is 8.24. The van der Waals surface area contributed by atoms with Crippen LogP contribution in [0.2, 0.25) is 0 Å². The van der Waals surface area contributed by atoms with Crippen LogP contribution in [0.15, 0.2) is 37.0 Å². The van der Waals surface area contributed by atoms with E-state index in [1.54, 1.807) is 17.4 Å². The molecule has 1 atom stereocenters. The molecule has 0 N–H and O–H groups in total. The van der Waals surface area contributed by atoms with Gasteiger partial charge in [-0.05, 0) is 65.5 Å². The maximum absolute atomic E-state index is 13.5. The molecule has 2 rings (SSSR count).